The molecule has 64 valence electrons. The van der Waals surface area contributed by atoms with Gasteiger partial charge in [0, 0.05) is 11.4 Å². The summed E-state index contributed by atoms with van der Waals surface area (Å²) in [5.41, 5.74) is 1.42. The van der Waals surface area contributed by atoms with Crippen molar-refractivity contribution in [3.63, 3.8) is 0 Å². The second-order valence-electron chi connectivity index (χ2n) is 3.08. The van der Waals surface area contributed by atoms with Crippen LogP contribution in [0, 0.1) is 0 Å². The molecule has 3 heteroatoms. The van der Waals surface area contributed by atoms with E-state index in [-0.39, 0.29) is 6.04 Å². The molecule has 12 heavy (non-hydrogen) atoms. The first-order chi connectivity index (χ1) is 5.83. The summed E-state index contributed by atoms with van der Waals surface area (Å²) in [5, 5.41) is 2.11. The number of amides is 1. The van der Waals surface area contributed by atoms with Gasteiger partial charge in [0.15, 0.2) is 0 Å². The molecule has 2 nitrogen and oxygen atoms in total. The molecule has 1 aromatic heterocycles. The summed E-state index contributed by atoms with van der Waals surface area (Å²) in [5.74, 6) is 0. The Morgan fingerprint density at radius 2 is 2.58 bits per heavy atom. The van der Waals surface area contributed by atoms with Gasteiger partial charge in [-0.1, -0.05) is 0 Å². The van der Waals surface area contributed by atoms with Crippen LogP contribution in [0.5, 0.6) is 0 Å². The van der Waals surface area contributed by atoms with Crippen LogP contribution in [0.4, 0.5) is 0 Å². The third-order valence-electron chi connectivity index (χ3n) is 2.43. The van der Waals surface area contributed by atoms with Crippen LogP contribution < -0.4 is 0 Å². The van der Waals surface area contributed by atoms with Crippen molar-refractivity contribution in [3.05, 3.63) is 21.9 Å². The molecule has 0 saturated heterocycles. The maximum Gasteiger partial charge on any atom is 0.210 e. The topological polar surface area (TPSA) is 20.3 Å². The first kappa shape index (κ1) is 7.80. The van der Waals surface area contributed by atoms with Crippen molar-refractivity contribution in [2.24, 2.45) is 0 Å². The molecule has 0 bridgehead atoms. The molecule has 1 amide bonds. The maximum absolute atomic E-state index is 10.6. The molecular formula is C9H11NOS. The highest BCUT2D eigenvalue weighted by molar-refractivity contribution is 7.10. The number of carbonyl (C=O) groups excluding carboxylic acids is 1. The molecule has 0 unspecified atom stereocenters. The zero-order valence-corrected chi connectivity index (χ0v) is 7.80. The Morgan fingerprint density at radius 1 is 1.75 bits per heavy atom. The van der Waals surface area contributed by atoms with Crippen molar-refractivity contribution in [2.45, 2.75) is 19.4 Å². The SMILES string of the molecule is C[C@@H]1c2sccc2CCN1C=O. The van der Waals surface area contributed by atoms with Crippen molar-refractivity contribution in [2.75, 3.05) is 6.54 Å². The Balaban J connectivity index is 2.34. The van der Waals surface area contributed by atoms with E-state index in [9.17, 15) is 4.79 Å². The number of hydrogen-bond donors (Lipinski definition) is 0. The van der Waals surface area contributed by atoms with Crippen molar-refractivity contribution in [3.8, 4) is 0 Å². The molecule has 1 aromatic rings. The van der Waals surface area contributed by atoms with Gasteiger partial charge in [-0.05, 0) is 30.4 Å². The summed E-state index contributed by atoms with van der Waals surface area (Å²) in [6.07, 6.45) is 1.97. The van der Waals surface area contributed by atoms with E-state index in [0.717, 1.165) is 19.4 Å². The molecular weight excluding hydrogens is 170 g/mol. The van der Waals surface area contributed by atoms with Crippen LogP contribution in [-0.4, -0.2) is 17.9 Å². The van der Waals surface area contributed by atoms with Crippen LogP contribution in [0.25, 0.3) is 0 Å². The predicted octanol–water partition coefficient (Wildman–Crippen LogP) is 1.82. The van der Waals surface area contributed by atoms with Gasteiger partial charge in [-0.25, -0.2) is 0 Å². The first-order valence-corrected chi connectivity index (χ1v) is 4.98. The van der Waals surface area contributed by atoms with Gasteiger partial charge in [0.1, 0.15) is 0 Å². The zero-order valence-electron chi connectivity index (χ0n) is 6.99. The lowest BCUT2D eigenvalue weighted by atomic mass is 10.0. The predicted molar refractivity (Wildman–Crippen MR) is 49.2 cm³/mol. The third kappa shape index (κ3) is 1.05. The van der Waals surface area contributed by atoms with Gasteiger partial charge in [0.25, 0.3) is 0 Å². The van der Waals surface area contributed by atoms with Crippen molar-refractivity contribution < 1.29 is 4.79 Å². The quantitative estimate of drug-likeness (QED) is 0.605. The molecule has 0 saturated carbocycles. The van der Waals surface area contributed by atoms with Gasteiger partial charge < -0.3 is 4.90 Å². The Bertz CT molecular complexity index is 294. The van der Waals surface area contributed by atoms with E-state index in [4.69, 9.17) is 0 Å². The standard InChI is InChI=1S/C9H11NOS/c1-7-9-8(3-5-12-9)2-4-10(7)6-11/h3,5-7H,2,4H2,1H3/t7-/m1/s1. The molecule has 2 heterocycles. The van der Waals surface area contributed by atoms with E-state index >= 15 is 0 Å². The minimum atomic E-state index is 0.284. The molecule has 0 aromatic carbocycles. The van der Waals surface area contributed by atoms with Crippen molar-refractivity contribution in [1.82, 2.24) is 4.90 Å². The molecule has 1 aliphatic heterocycles. The van der Waals surface area contributed by atoms with Crippen LogP contribution >= 0.6 is 11.3 Å². The van der Waals surface area contributed by atoms with E-state index in [1.807, 2.05) is 4.90 Å². The largest absolute Gasteiger partial charge is 0.337 e. The highest BCUT2D eigenvalue weighted by Gasteiger charge is 2.22. The Morgan fingerprint density at radius 3 is 3.33 bits per heavy atom. The fourth-order valence-electron chi connectivity index (χ4n) is 1.66. The van der Waals surface area contributed by atoms with E-state index < -0.39 is 0 Å². The average Bonchev–Trinajstić information content (AvgIpc) is 2.53. The van der Waals surface area contributed by atoms with Gasteiger partial charge in [-0.15, -0.1) is 11.3 Å². The van der Waals surface area contributed by atoms with Gasteiger partial charge in [-0.2, -0.15) is 0 Å². The van der Waals surface area contributed by atoms with Gasteiger partial charge in [0.05, 0.1) is 6.04 Å². The van der Waals surface area contributed by atoms with E-state index in [1.54, 1.807) is 11.3 Å². The number of hydrogen-bond acceptors (Lipinski definition) is 2. The lowest BCUT2D eigenvalue weighted by Gasteiger charge is -2.29. The normalized spacial score (nSPS) is 22.1. The second-order valence-corrected chi connectivity index (χ2v) is 4.03. The minimum Gasteiger partial charge on any atom is -0.337 e. The maximum atomic E-state index is 10.6. The molecule has 0 aliphatic carbocycles. The van der Waals surface area contributed by atoms with Crippen LogP contribution in [0.3, 0.4) is 0 Å². The summed E-state index contributed by atoms with van der Waals surface area (Å²) < 4.78 is 0. The number of thiophene rings is 1. The fourth-order valence-corrected chi connectivity index (χ4v) is 2.69. The molecule has 0 spiro atoms. The van der Waals surface area contributed by atoms with Crippen molar-refractivity contribution in [1.29, 1.82) is 0 Å². The lowest BCUT2D eigenvalue weighted by molar-refractivity contribution is -0.120. The van der Waals surface area contributed by atoms with E-state index in [2.05, 4.69) is 18.4 Å². The first-order valence-electron chi connectivity index (χ1n) is 4.10. The number of rotatable bonds is 1. The van der Waals surface area contributed by atoms with E-state index in [1.165, 1.54) is 10.4 Å². The highest BCUT2D eigenvalue weighted by Crippen LogP contribution is 2.32. The lowest BCUT2D eigenvalue weighted by Crippen LogP contribution is -2.31. The van der Waals surface area contributed by atoms with Crippen molar-refractivity contribution >= 4 is 17.7 Å². The number of carbonyl (C=O) groups is 1. The average molecular weight is 181 g/mol. The molecule has 0 N–H and O–H groups in total. The number of nitrogens with zero attached hydrogens (tertiary/aromatic N) is 1. The highest BCUT2D eigenvalue weighted by atomic mass is 32.1. The van der Waals surface area contributed by atoms with Crippen LogP contribution in [-0.2, 0) is 11.2 Å². The molecule has 2 rings (SSSR count). The van der Waals surface area contributed by atoms with E-state index in [0.29, 0.717) is 0 Å². The van der Waals surface area contributed by atoms with Gasteiger partial charge in [0.2, 0.25) is 6.41 Å². The Kier molecular flexibility index (Phi) is 1.89. The summed E-state index contributed by atoms with van der Waals surface area (Å²) in [6, 6.07) is 2.45. The third-order valence-corrected chi connectivity index (χ3v) is 3.56. The summed E-state index contributed by atoms with van der Waals surface area (Å²) in [6.45, 7) is 2.96. The van der Waals surface area contributed by atoms with Crippen LogP contribution in [0.15, 0.2) is 11.4 Å². The molecule has 0 radical (unpaired) electrons. The summed E-state index contributed by atoms with van der Waals surface area (Å²) >= 11 is 1.75. The monoisotopic (exact) mass is 181 g/mol. The minimum absolute atomic E-state index is 0.284. The van der Waals surface area contributed by atoms with Crippen LogP contribution in [0.1, 0.15) is 23.4 Å². The summed E-state index contributed by atoms with van der Waals surface area (Å²) in [4.78, 5) is 13.8. The second kappa shape index (κ2) is 2.90. The summed E-state index contributed by atoms with van der Waals surface area (Å²) in [7, 11) is 0. The Labute approximate surface area is 75.8 Å². The fraction of sp³-hybridized carbons (Fsp3) is 0.444. The Hall–Kier alpha value is -0.830. The van der Waals surface area contributed by atoms with Gasteiger partial charge >= 0.3 is 0 Å². The zero-order chi connectivity index (χ0) is 8.55. The molecule has 0 fully saturated rings. The molecule has 1 aliphatic rings. The smallest absolute Gasteiger partial charge is 0.210 e. The van der Waals surface area contributed by atoms with Crippen LogP contribution in [0.2, 0.25) is 0 Å². The van der Waals surface area contributed by atoms with Gasteiger partial charge in [-0.3, -0.25) is 4.79 Å². The number of fused-ring (bicyclic) bond motifs is 1. The molecule has 1 atom stereocenters.